The second-order valence-electron chi connectivity index (χ2n) is 1.61. The molecule has 0 bridgehead atoms. The molecule has 0 unspecified atom stereocenters. The van der Waals surface area contributed by atoms with E-state index in [1.54, 1.807) is 0 Å². The molecule has 1 saturated carbocycles. The van der Waals surface area contributed by atoms with Crippen molar-refractivity contribution in [1.82, 2.24) is 0 Å². The van der Waals surface area contributed by atoms with E-state index in [0.717, 1.165) is 12.8 Å². The van der Waals surface area contributed by atoms with Gasteiger partial charge in [-0.25, -0.2) is 0 Å². The summed E-state index contributed by atoms with van der Waals surface area (Å²) >= 11 is 0. The van der Waals surface area contributed by atoms with E-state index < -0.39 is 5.97 Å². The fourth-order valence-corrected chi connectivity index (χ4v) is 0.330. The van der Waals surface area contributed by atoms with Crippen LogP contribution in [0.15, 0.2) is 0 Å². The molecule has 1 aliphatic carbocycles. The minimum absolute atomic E-state index is 0. The second kappa shape index (κ2) is 5.49. The summed E-state index contributed by atoms with van der Waals surface area (Å²) in [6.07, 6.45) is 1.80. The minimum Gasteiger partial charge on any atom is -0.481 e. The number of hydrogen-bond donors (Lipinski definition) is 1. The highest BCUT2D eigenvalue weighted by atomic mass is 16.4. The first kappa shape index (κ1) is 15.8. The van der Waals surface area contributed by atoms with Gasteiger partial charge in [-0.3, -0.25) is 4.79 Å². The maximum atomic E-state index is 9.76. The van der Waals surface area contributed by atoms with E-state index in [4.69, 9.17) is 5.11 Å². The molecule has 0 saturated heterocycles. The molecule has 0 spiro atoms. The van der Waals surface area contributed by atoms with Crippen molar-refractivity contribution in [2.24, 2.45) is 5.92 Å². The van der Waals surface area contributed by atoms with Crippen LogP contribution in [0, 0.1) is 5.92 Å². The van der Waals surface area contributed by atoms with Crippen LogP contribution in [0.5, 0.6) is 0 Å². The van der Waals surface area contributed by atoms with Gasteiger partial charge in [-0.2, -0.15) is 0 Å². The molecule has 0 amide bonds. The Morgan fingerprint density at radius 1 is 1.22 bits per heavy atom. The van der Waals surface area contributed by atoms with Crippen LogP contribution in [0.2, 0.25) is 0 Å². The molecule has 0 heterocycles. The van der Waals surface area contributed by atoms with Crippen molar-refractivity contribution in [3.8, 4) is 0 Å². The Bertz CT molecular complexity index is 77.0. The van der Waals surface area contributed by atoms with Gasteiger partial charge in [0.25, 0.3) is 0 Å². The largest absolute Gasteiger partial charge is 0.481 e. The quantitative estimate of drug-likeness (QED) is 0.451. The maximum Gasteiger partial charge on any atom is 0.306 e. The third-order valence-corrected chi connectivity index (χ3v) is 0.927. The Morgan fingerprint density at radius 2 is 1.56 bits per heavy atom. The zero-order valence-corrected chi connectivity index (χ0v) is 4.85. The molecule has 0 aromatic rings. The van der Waals surface area contributed by atoms with Crippen LogP contribution >= 0.6 is 0 Å². The molecule has 1 fully saturated rings. The van der Waals surface area contributed by atoms with Crippen molar-refractivity contribution in [3.05, 3.63) is 0 Å². The highest BCUT2D eigenvalue weighted by Crippen LogP contribution is 2.28. The van der Waals surface area contributed by atoms with Gasteiger partial charge in [0.2, 0.25) is 0 Å². The monoisotopic (exact) mass is 140 g/mol. The Kier molecular flexibility index (Phi) is 9.61. The topological polar surface area (TPSA) is 132 Å². The molecule has 1 rings (SSSR count). The molecule has 0 aliphatic heterocycles. The van der Waals surface area contributed by atoms with Crippen LogP contribution in [0.4, 0.5) is 0 Å². The Labute approximate surface area is 52.2 Å². The fraction of sp³-hybridized carbons (Fsp3) is 0.750. The highest BCUT2D eigenvalue weighted by Gasteiger charge is 2.28. The molecule has 0 aromatic heterocycles. The lowest BCUT2D eigenvalue weighted by atomic mass is 10.5. The normalized spacial score (nSPS) is 13.8. The number of carbonyl (C=O) groups is 1. The van der Waals surface area contributed by atoms with Gasteiger partial charge in [0, 0.05) is 0 Å². The number of carboxylic acid groups (broad SMARTS) is 1. The van der Waals surface area contributed by atoms with Gasteiger partial charge in [-0.1, -0.05) is 0 Å². The SMILES string of the molecule is O.O.O.O=C(O)C1CC1. The first-order valence-electron chi connectivity index (χ1n) is 2.03. The van der Waals surface area contributed by atoms with Crippen molar-refractivity contribution in [2.75, 3.05) is 0 Å². The van der Waals surface area contributed by atoms with Crippen molar-refractivity contribution >= 4 is 5.97 Å². The third kappa shape index (κ3) is 5.22. The average Bonchev–Trinajstić information content (AvgIpc) is 2.06. The lowest BCUT2D eigenvalue weighted by Crippen LogP contribution is -1.94. The van der Waals surface area contributed by atoms with E-state index in [0.29, 0.717) is 0 Å². The van der Waals surface area contributed by atoms with Gasteiger partial charge < -0.3 is 21.5 Å². The first-order valence-corrected chi connectivity index (χ1v) is 2.03. The van der Waals surface area contributed by atoms with Crippen LogP contribution in [0.1, 0.15) is 12.8 Å². The van der Waals surface area contributed by atoms with Gasteiger partial charge in [-0.05, 0) is 12.8 Å². The summed E-state index contributed by atoms with van der Waals surface area (Å²) < 4.78 is 0. The molecule has 1 aliphatic rings. The Hall–Kier alpha value is -0.650. The molecule has 7 N–H and O–H groups in total. The maximum absolute atomic E-state index is 9.76. The summed E-state index contributed by atoms with van der Waals surface area (Å²) in [5.41, 5.74) is 0. The molecule has 58 valence electrons. The summed E-state index contributed by atoms with van der Waals surface area (Å²) in [6.45, 7) is 0. The zero-order valence-electron chi connectivity index (χ0n) is 4.85. The van der Waals surface area contributed by atoms with Crippen LogP contribution in [-0.2, 0) is 4.79 Å². The summed E-state index contributed by atoms with van der Waals surface area (Å²) in [7, 11) is 0. The van der Waals surface area contributed by atoms with Crippen molar-refractivity contribution in [3.63, 3.8) is 0 Å². The molecular weight excluding hydrogens is 128 g/mol. The fourth-order valence-electron chi connectivity index (χ4n) is 0.330. The Morgan fingerprint density at radius 3 is 1.56 bits per heavy atom. The number of rotatable bonds is 1. The summed E-state index contributed by atoms with van der Waals surface area (Å²) in [6, 6.07) is 0. The number of aliphatic carboxylic acids is 1. The first-order chi connectivity index (χ1) is 2.80. The minimum atomic E-state index is -0.630. The van der Waals surface area contributed by atoms with Crippen molar-refractivity contribution < 1.29 is 26.3 Å². The van der Waals surface area contributed by atoms with Crippen LogP contribution < -0.4 is 0 Å². The number of carboxylic acids is 1. The van der Waals surface area contributed by atoms with E-state index in [2.05, 4.69) is 0 Å². The lowest BCUT2D eigenvalue weighted by molar-refractivity contribution is -0.138. The summed E-state index contributed by atoms with van der Waals surface area (Å²) in [5, 5.41) is 8.05. The predicted molar refractivity (Wildman–Crippen MR) is 31.2 cm³/mol. The van der Waals surface area contributed by atoms with Crippen molar-refractivity contribution in [2.45, 2.75) is 12.8 Å². The second-order valence-corrected chi connectivity index (χ2v) is 1.61. The molecule has 5 heteroatoms. The van der Waals surface area contributed by atoms with E-state index >= 15 is 0 Å². The van der Waals surface area contributed by atoms with E-state index in [-0.39, 0.29) is 22.3 Å². The summed E-state index contributed by atoms with van der Waals surface area (Å²) in [4.78, 5) is 9.76. The van der Waals surface area contributed by atoms with E-state index in [1.807, 2.05) is 0 Å². The number of hydrogen-bond acceptors (Lipinski definition) is 1. The zero-order chi connectivity index (χ0) is 4.57. The van der Waals surface area contributed by atoms with Crippen LogP contribution in [0.3, 0.4) is 0 Å². The van der Waals surface area contributed by atoms with Gasteiger partial charge >= 0.3 is 5.97 Å². The van der Waals surface area contributed by atoms with Crippen LogP contribution in [0.25, 0.3) is 0 Å². The standard InChI is InChI=1S/C4H6O2.3H2O/c5-4(6)3-1-2-3;;;/h3H,1-2H2,(H,5,6);3*1H2. The van der Waals surface area contributed by atoms with Gasteiger partial charge in [0.1, 0.15) is 0 Å². The average molecular weight is 140 g/mol. The van der Waals surface area contributed by atoms with E-state index in [9.17, 15) is 4.79 Å². The molecular formula is C4H12O5. The predicted octanol–water partition coefficient (Wildman–Crippen LogP) is -1.99. The third-order valence-electron chi connectivity index (χ3n) is 0.927. The molecule has 9 heavy (non-hydrogen) atoms. The Balaban J connectivity index is -0.000000120. The molecule has 0 aromatic carbocycles. The van der Waals surface area contributed by atoms with E-state index in [1.165, 1.54) is 0 Å². The van der Waals surface area contributed by atoms with Gasteiger partial charge in [0.15, 0.2) is 0 Å². The highest BCUT2D eigenvalue weighted by molar-refractivity contribution is 5.72. The molecule has 0 radical (unpaired) electrons. The molecule has 5 nitrogen and oxygen atoms in total. The van der Waals surface area contributed by atoms with Crippen molar-refractivity contribution in [1.29, 1.82) is 0 Å². The van der Waals surface area contributed by atoms with Crippen LogP contribution in [-0.4, -0.2) is 27.5 Å². The lowest BCUT2D eigenvalue weighted by Gasteiger charge is -1.75. The summed E-state index contributed by atoms with van der Waals surface area (Å²) in [5.74, 6) is -0.611. The van der Waals surface area contributed by atoms with Gasteiger partial charge in [-0.15, -0.1) is 0 Å². The van der Waals surface area contributed by atoms with Gasteiger partial charge in [0.05, 0.1) is 5.92 Å². The molecule has 0 atom stereocenters. The smallest absolute Gasteiger partial charge is 0.306 e.